The predicted octanol–water partition coefficient (Wildman–Crippen LogP) is 2.49. The van der Waals surface area contributed by atoms with Crippen molar-refractivity contribution in [2.45, 2.75) is 50.4 Å². The lowest BCUT2D eigenvalue weighted by Gasteiger charge is -2.31. The molecule has 1 saturated carbocycles. The van der Waals surface area contributed by atoms with E-state index in [0.29, 0.717) is 0 Å². The molecule has 90 valence electrons. The Labute approximate surface area is 88.2 Å². The molecule has 0 aromatic rings. The van der Waals surface area contributed by atoms with Gasteiger partial charge in [0.05, 0.1) is 19.1 Å². The molecule has 5 heteroatoms. The van der Waals surface area contributed by atoms with E-state index in [1.807, 2.05) is 7.05 Å². The van der Waals surface area contributed by atoms with Crippen molar-refractivity contribution in [2.24, 2.45) is 0 Å². The van der Waals surface area contributed by atoms with E-state index in [4.69, 9.17) is 4.74 Å². The lowest BCUT2D eigenvalue weighted by Crippen LogP contribution is -2.42. The Morgan fingerprint density at radius 3 is 2.53 bits per heavy atom. The monoisotopic (exact) mass is 225 g/mol. The number of rotatable bonds is 4. The minimum Gasteiger partial charge on any atom is -0.376 e. The molecule has 15 heavy (non-hydrogen) atoms. The summed E-state index contributed by atoms with van der Waals surface area (Å²) in [6.45, 7) is -0.216. The Morgan fingerprint density at radius 1 is 1.27 bits per heavy atom. The highest BCUT2D eigenvalue weighted by Crippen LogP contribution is 2.23. The molecule has 0 aromatic heterocycles. The number of ether oxygens (including phenoxy) is 1. The van der Waals surface area contributed by atoms with Crippen LogP contribution in [-0.2, 0) is 4.74 Å². The maximum Gasteiger partial charge on any atom is 0.391 e. The molecular weight excluding hydrogens is 207 g/mol. The fourth-order valence-corrected chi connectivity index (χ4v) is 1.95. The second kappa shape index (κ2) is 5.70. The maximum absolute atomic E-state index is 11.9. The van der Waals surface area contributed by atoms with Crippen LogP contribution in [0.15, 0.2) is 0 Å². The van der Waals surface area contributed by atoms with Gasteiger partial charge in [0, 0.05) is 6.04 Å². The van der Waals surface area contributed by atoms with Crippen molar-refractivity contribution in [3.63, 3.8) is 0 Å². The number of likely N-dealkylation sites (N-methyl/N-ethyl adjacent to an activating group) is 1. The van der Waals surface area contributed by atoms with Gasteiger partial charge in [-0.3, -0.25) is 0 Å². The molecule has 0 aromatic carbocycles. The third-order valence-corrected chi connectivity index (χ3v) is 2.79. The van der Waals surface area contributed by atoms with Crippen molar-refractivity contribution in [3.8, 4) is 0 Å². The van der Waals surface area contributed by atoms with Crippen molar-refractivity contribution >= 4 is 0 Å². The first kappa shape index (κ1) is 12.8. The molecule has 1 fully saturated rings. The highest BCUT2D eigenvalue weighted by Gasteiger charge is 2.29. The van der Waals surface area contributed by atoms with Gasteiger partial charge in [-0.2, -0.15) is 13.2 Å². The fourth-order valence-electron chi connectivity index (χ4n) is 1.95. The standard InChI is InChI=1S/C10H18F3NO/c1-14-8-4-2-3-5-9(8)15-7-6-10(11,12)13/h8-9,14H,2-7H2,1H3. The normalized spacial score (nSPS) is 28.0. The predicted molar refractivity (Wildman–Crippen MR) is 51.7 cm³/mol. The number of nitrogens with one attached hydrogen (secondary N) is 1. The van der Waals surface area contributed by atoms with Gasteiger partial charge >= 0.3 is 6.18 Å². The van der Waals surface area contributed by atoms with Gasteiger partial charge in [0.25, 0.3) is 0 Å². The van der Waals surface area contributed by atoms with Crippen LogP contribution >= 0.6 is 0 Å². The van der Waals surface area contributed by atoms with Crippen molar-refractivity contribution in [1.82, 2.24) is 5.32 Å². The summed E-state index contributed by atoms with van der Waals surface area (Å²) in [4.78, 5) is 0. The van der Waals surface area contributed by atoms with Crippen LogP contribution < -0.4 is 5.32 Å². The van der Waals surface area contributed by atoms with Crippen LogP contribution in [0.25, 0.3) is 0 Å². The van der Waals surface area contributed by atoms with E-state index in [1.165, 1.54) is 0 Å². The molecular formula is C10H18F3NO. The highest BCUT2D eigenvalue weighted by atomic mass is 19.4. The number of halogens is 3. The van der Waals surface area contributed by atoms with E-state index in [1.54, 1.807) is 0 Å². The zero-order valence-corrected chi connectivity index (χ0v) is 8.94. The van der Waals surface area contributed by atoms with Crippen LogP contribution in [0.5, 0.6) is 0 Å². The third kappa shape index (κ3) is 4.84. The second-order valence-corrected chi connectivity index (χ2v) is 3.95. The van der Waals surface area contributed by atoms with E-state index in [-0.39, 0.29) is 18.8 Å². The molecule has 0 amide bonds. The van der Waals surface area contributed by atoms with Gasteiger partial charge in [-0.05, 0) is 19.9 Å². The molecule has 0 bridgehead atoms. The average molecular weight is 225 g/mol. The first-order valence-electron chi connectivity index (χ1n) is 5.38. The Balaban J connectivity index is 2.23. The summed E-state index contributed by atoms with van der Waals surface area (Å²) in [6, 6.07) is 0.215. The summed E-state index contributed by atoms with van der Waals surface area (Å²) < 4.78 is 41.0. The Hall–Kier alpha value is -0.290. The van der Waals surface area contributed by atoms with Gasteiger partial charge < -0.3 is 10.1 Å². The van der Waals surface area contributed by atoms with E-state index in [9.17, 15) is 13.2 Å². The van der Waals surface area contributed by atoms with Crippen LogP contribution in [0.2, 0.25) is 0 Å². The largest absolute Gasteiger partial charge is 0.391 e. The molecule has 2 unspecified atom stereocenters. The summed E-state index contributed by atoms with van der Waals surface area (Å²) in [5.74, 6) is 0. The minimum absolute atomic E-state index is 0.0499. The van der Waals surface area contributed by atoms with E-state index >= 15 is 0 Å². The summed E-state index contributed by atoms with van der Waals surface area (Å²) in [7, 11) is 1.83. The average Bonchev–Trinajstić information content (AvgIpc) is 2.16. The van der Waals surface area contributed by atoms with Crippen LogP contribution in [0.1, 0.15) is 32.1 Å². The SMILES string of the molecule is CNC1CCCCC1OCCC(F)(F)F. The number of hydrogen-bond donors (Lipinski definition) is 1. The lowest BCUT2D eigenvalue weighted by molar-refractivity contribution is -0.151. The first-order valence-corrected chi connectivity index (χ1v) is 5.38. The maximum atomic E-state index is 11.9. The van der Waals surface area contributed by atoms with Gasteiger partial charge in [-0.15, -0.1) is 0 Å². The van der Waals surface area contributed by atoms with E-state index in [2.05, 4.69) is 5.32 Å². The summed E-state index contributed by atoms with van der Waals surface area (Å²) in [5, 5.41) is 3.10. The third-order valence-electron chi connectivity index (χ3n) is 2.79. The Morgan fingerprint density at radius 2 is 1.93 bits per heavy atom. The topological polar surface area (TPSA) is 21.3 Å². The van der Waals surface area contributed by atoms with Gasteiger partial charge in [0.1, 0.15) is 0 Å². The second-order valence-electron chi connectivity index (χ2n) is 3.95. The fraction of sp³-hybridized carbons (Fsp3) is 1.00. The van der Waals surface area contributed by atoms with Crippen molar-refractivity contribution in [2.75, 3.05) is 13.7 Å². The van der Waals surface area contributed by atoms with Gasteiger partial charge in [-0.25, -0.2) is 0 Å². The van der Waals surface area contributed by atoms with Crippen LogP contribution in [0.3, 0.4) is 0 Å². The molecule has 1 N–H and O–H groups in total. The quantitative estimate of drug-likeness (QED) is 0.793. The van der Waals surface area contributed by atoms with Crippen LogP contribution in [0.4, 0.5) is 13.2 Å². The molecule has 1 aliphatic rings. The van der Waals surface area contributed by atoms with Crippen LogP contribution in [0, 0.1) is 0 Å². The molecule has 0 saturated heterocycles. The van der Waals surface area contributed by atoms with Crippen molar-refractivity contribution < 1.29 is 17.9 Å². The van der Waals surface area contributed by atoms with Crippen molar-refractivity contribution in [1.29, 1.82) is 0 Å². The Kier molecular flexibility index (Phi) is 4.86. The smallest absolute Gasteiger partial charge is 0.376 e. The van der Waals surface area contributed by atoms with E-state index < -0.39 is 12.6 Å². The lowest BCUT2D eigenvalue weighted by atomic mass is 9.92. The van der Waals surface area contributed by atoms with Crippen molar-refractivity contribution in [3.05, 3.63) is 0 Å². The Bertz CT molecular complexity index is 184. The van der Waals surface area contributed by atoms with Gasteiger partial charge in [-0.1, -0.05) is 12.8 Å². The molecule has 0 radical (unpaired) electrons. The molecule has 0 spiro atoms. The highest BCUT2D eigenvalue weighted by molar-refractivity contribution is 4.80. The summed E-state index contributed by atoms with van der Waals surface area (Å²) in [5.41, 5.74) is 0. The van der Waals surface area contributed by atoms with Crippen LogP contribution in [-0.4, -0.2) is 32.0 Å². The van der Waals surface area contributed by atoms with Gasteiger partial charge in [0.2, 0.25) is 0 Å². The summed E-state index contributed by atoms with van der Waals surface area (Å²) >= 11 is 0. The number of alkyl halides is 3. The molecule has 2 atom stereocenters. The van der Waals surface area contributed by atoms with E-state index in [0.717, 1.165) is 25.7 Å². The van der Waals surface area contributed by atoms with Gasteiger partial charge in [0.15, 0.2) is 0 Å². The summed E-state index contributed by atoms with van der Waals surface area (Å²) in [6.07, 6.45) is -0.967. The molecule has 1 aliphatic carbocycles. The molecule has 0 heterocycles. The molecule has 0 aliphatic heterocycles. The number of hydrogen-bond acceptors (Lipinski definition) is 2. The molecule has 2 nitrogen and oxygen atoms in total. The zero-order chi connectivity index (χ0) is 11.3. The first-order chi connectivity index (χ1) is 7.03. The molecule has 1 rings (SSSR count). The zero-order valence-electron chi connectivity index (χ0n) is 8.94. The minimum atomic E-state index is -4.11.